The number of aromatic nitrogens is 4. The van der Waals surface area contributed by atoms with E-state index in [9.17, 15) is 13.2 Å². The Bertz CT molecular complexity index is 1050. The fraction of sp³-hybridized carbons (Fsp3) is 0.250. The van der Waals surface area contributed by atoms with Crippen LogP contribution in [0.5, 0.6) is 0 Å². The molecule has 0 aromatic carbocycles. The average molecular weight is 374 g/mol. The molecule has 0 saturated carbocycles. The first-order valence-electron chi connectivity index (χ1n) is 7.75. The number of fused-ring (bicyclic) bond motifs is 1. The molecule has 0 aliphatic carbocycles. The second-order valence-corrected chi connectivity index (χ2v) is 8.32. The van der Waals surface area contributed by atoms with Gasteiger partial charge in [0.05, 0.1) is 6.20 Å². The van der Waals surface area contributed by atoms with E-state index < -0.39 is 15.6 Å². The standard InChI is InChI=1S/C16H18N6O3S/c1-16(2,3)20-15(23)12-10-18-22-8-6-13(19-14(12)22)21-26(24,25)11-5-4-7-17-9-11/h4-10H,1-3H3,(H,19,21)(H,20,23). The summed E-state index contributed by atoms with van der Waals surface area (Å²) in [5.74, 6) is -0.265. The molecule has 9 nitrogen and oxygen atoms in total. The number of anilines is 1. The van der Waals surface area contributed by atoms with Crippen molar-refractivity contribution in [2.75, 3.05) is 4.72 Å². The summed E-state index contributed by atoms with van der Waals surface area (Å²) in [6.07, 6.45) is 5.64. The molecule has 0 spiro atoms. The molecular formula is C16H18N6O3S. The molecule has 3 heterocycles. The Balaban J connectivity index is 1.94. The van der Waals surface area contributed by atoms with Gasteiger partial charge in [0.2, 0.25) is 0 Å². The third kappa shape index (κ3) is 3.80. The molecule has 2 N–H and O–H groups in total. The van der Waals surface area contributed by atoms with Gasteiger partial charge in [-0.1, -0.05) is 0 Å². The van der Waals surface area contributed by atoms with Crippen molar-refractivity contribution in [1.29, 1.82) is 0 Å². The van der Waals surface area contributed by atoms with Crippen molar-refractivity contribution >= 4 is 27.4 Å². The Labute approximate surface area is 150 Å². The van der Waals surface area contributed by atoms with Crippen LogP contribution in [0.15, 0.2) is 47.9 Å². The smallest absolute Gasteiger partial charge is 0.264 e. The Kier molecular flexibility index (Phi) is 4.36. The molecular weight excluding hydrogens is 356 g/mol. The third-order valence-electron chi connectivity index (χ3n) is 3.29. The number of nitrogens with one attached hydrogen (secondary N) is 2. The highest BCUT2D eigenvalue weighted by Gasteiger charge is 2.21. The minimum absolute atomic E-state index is 0.0147. The Morgan fingerprint density at radius 3 is 2.62 bits per heavy atom. The molecule has 0 aliphatic heterocycles. The largest absolute Gasteiger partial charge is 0.347 e. The van der Waals surface area contributed by atoms with Crippen molar-refractivity contribution in [3.05, 3.63) is 48.5 Å². The Morgan fingerprint density at radius 1 is 1.19 bits per heavy atom. The zero-order valence-electron chi connectivity index (χ0n) is 14.5. The molecule has 0 fully saturated rings. The maximum atomic E-state index is 12.4. The summed E-state index contributed by atoms with van der Waals surface area (Å²) in [6.45, 7) is 5.58. The van der Waals surface area contributed by atoms with Gasteiger partial charge >= 0.3 is 0 Å². The van der Waals surface area contributed by atoms with Crippen molar-refractivity contribution in [3.8, 4) is 0 Å². The van der Waals surface area contributed by atoms with Crippen LogP contribution in [-0.4, -0.2) is 39.4 Å². The molecule has 0 aliphatic rings. The monoisotopic (exact) mass is 374 g/mol. The number of sulfonamides is 1. The molecule has 0 bridgehead atoms. The lowest BCUT2D eigenvalue weighted by atomic mass is 10.1. The van der Waals surface area contributed by atoms with Gasteiger partial charge in [-0.15, -0.1) is 0 Å². The zero-order chi connectivity index (χ0) is 18.9. The van der Waals surface area contributed by atoms with Crippen LogP contribution in [0.25, 0.3) is 5.65 Å². The van der Waals surface area contributed by atoms with Crippen molar-refractivity contribution < 1.29 is 13.2 Å². The summed E-state index contributed by atoms with van der Waals surface area (Å²) in [4.78, 5) is 20.4. The van der Waals surface area contributed by atoms with E-state index in [1.807, 2.05) is 20.8 Å². The van der Waals surface area contributed by atoms with E-state index in [1.54, 1.807) is 0 Å². The second kappa shape index (κ2) is 6.37. The van der Waals surface area contributed by atoms with E-state index in [2.05, 4.69) is 25.1 Å². The number of carbonyl (C=O) groups excluding carboxylic acids is 1. The van der Waals surface area contributed by atoms with Gasteiger partial charge in [-0.05, 0) is 39.0 Å². The van der Waals surface area contributed by atoms with E-state index in [4.69, 9.17) is 0 Å². The predicted molar refractivity (Wildman–Crippen MR) is 95.3 cm³/mol. The molecule has 0 saturated heterocycles. The van der Waals surface area contributed by atoms with Crippen molar-refractivity contribution in [3.63, 3.8) is 0 Å². The first-order valence-corrected chi connectivity index (χ1v) is 9.24. The predicted octanol–water partition coefficient (Wildman–Crippen LogP) is 1.45. The number of pyridine rings is 1. The second-order valence-electron chi connectivity index (χ2n) is 6.64. The quantitative estimate of drug-likeness (QED) is 0.714. The molecule has 0 unspecified atom stereocenters. The first-order chi connectivity index (χ1) is 12.2. The molecule has 136 valence electrons. The highest BCUT2D eigenvalue weighted by molar-refractivity contribution is 7.92. The van der Waals surface area contributed by atoms with Gasteiger partial charge < -0.3 is 5.32 Å². The third-order valence-corrected chi connectivity index (χ3v) is 4.63. The van der Waals surface area contributed by atoms with E-state index in [0.717, 1.165) is 0 Å². The minimum atomic E-state index is -3.83. The normalized spacial score (nSPS) is 12.1. The summed E-state index contributed by atoms with van der Waals surface area (Å²) in [6, 6.07) is 4.41. The fourth-order valence-corrected chi connectivity index (χ4v) is 3.16. The number of hydrogen-bond donors (Lipinski definition) is 2. The van der Waals surface area contributed by atoms with E-state index >= 15 is 0 Å². The Morgan fingerprint density at radius 2 is 1.96 bits per heavy atom. The average Bonchev–Trinajstić information content (AvgIpc) is 2.97. The fourth-order valence-electron chi connectivity index (χ4n) is 2.20. The molecule has 3 rings (SSSR count). The zero-order valence-corrected chi connectivity index (χ0v) is 15.3. The summed E-state index contributed by atoms with van der Waals surface area (Å²) < 4.78 is 28.6. The lowest BCUT2D eigenvalue weighted by Crippen LogP contribution is -2.40. The first kappa shape index (κ1) is 17.8. The van der Waals surface area contributed by atoms with Gasteiger partial charge in [0, 0.05) is 24.1 Å². The lowest BCUT2D eigenvalue weighted by Gasteiger charge is -2.19. The number of hydrogen-bond acceptors (Lipinski definition) is 6. The van der Waals surface area contributed by atoms with Crippen LogP contribution in [0.3, 0.4) is 0 Å². The summed E-state index contributed by atoms with van der Waals surface area (Å²) in [5.41, 5.74) is 0.0747. The molecule has 0 radical (unpaired) electrons. The van der Waals surface area contributed by atoms with Crippen LogP contribution in [0.4, 0.5) is 5.82 Å². The summed E-state index contributed by atoms with van der Waals surface area (Å²) in [7, 11) is -3.83. The van der Waals surface area contributed by atoms with Gasteiger partial charge in [-0.25, -0.2) is 17.9 Å². The molecule has 1 amide bonds. The van der Waals surface area contributed by atoms with Crippen molar-refractivity contribution in [2.45, 2.75) is 31.2 Å². The van der Waals surface area contributed by atoms with E-state index in [-0.39, 0.29) is 27.8 Å². The number of amides is 1. The van der Waals surface area contributed by atoms with Gasteiger partial charge in [0.1, 0.15) is 16.3 Å². The van der Waals surface area contributed by atoms with E-state index in [1.165, 1.54) is 47.5 Å². The summed E-state index contributed by atoms with van der Waals surface area (Å²) in [5, 5.41) is 6.90. The molecule has 3 aromatic rings. The number of rotatable bonds is 4. The maximum Gasteiger partial charge on any atom is 0.264 e. The number of nitrogens with zero attached hydrogens (tertiary/aromatic N) is 4. The highest BCUT2D eigenvalue weighted by atomic mass is 32.2. The van der Waals surface area contributed by atoms with Gasteiger partial charge in [-0.2, -0.15) is 5.10 Å². The molecule has 10 heteroatoms. The maximum absolute atomic E-state index is 12.4. The number of carbonyl (C=O) groups is 1. The molecule has 0 atom stereocenters. The van der Waals surface area contributed by atoms with Gasteiger partial charge in [0.15, 0.2) is 5.65 Å². The van der Waals surface area contributed by atoms with Gasteiger partial charge in [0.25, 0.3) is 15.9 Å². The van der Waals surface area contributed by atoms with Crippen LogP contribution >= 0.6 is 0 Å². The van der Waals surface area contributed by atoms with Crippen LogP contribution in [0, 0.1) is 0 Å². The van der Waals surface area contributed by atoms with Crippen molar-refractivity contribution in [2.24, 2.45) is 0 Å². The van der Waals surface area contributed by atoms with Crippen molar-refractivity contribution in [1.82, 2.24) is 24.9 Å². The van der Waals surface area contributed by atoms with Crippen LogP contribution < -0.4 is 10.0 Å². The molecule has 26 heavy (non-hydrogen) atoms. The van der Waals surface area contributed by atoms with Crippen LogP contribution in [0.1, 0.15) is 31.1 Å². The SMILES string of the molecule is CC(C)(C)NC(=O)c1cnn2ccc(NS(=O)(=O)c3cccnc3)nc12. The minimum Gasteiger partial charge on any atom is -0.347 e. The van der Waals surface area contributed by atoms with Crippen LogP contribution in [0.2, 0.25) is 0 Å². The topological polar surface area (TPSA) is 118 Å². The van der Waals surface area contributed by atoms with Gasteiger partial charge in [-0.3, -0.25) is 14.5 Å². The summed E-state index contributed by atoms with van der Waals surface area (Å²) >= 11 is 0. The van der Waals surface area contributed by atoms with E-state index in [0.29, 0.717) is 0 Å². The Hall–Kier alpha value is -3.01. The van der Waals surface area contributed by atoms with Crippen LogP contribution in [-0.2, 0) is 10.0 Å². The highest BCUT2D eigenvalue weighted by Crippen LogP contribution is 2.16. The molecule has 3 aromatic heterocycles. The lowest BCUT2D eigenvalue weighted by molar-refractivity contribution is 0.0921.